The minimum Gasteiger partial charge on any atom is -0.399 e. The molecule has 2 aromatic carbocycles. The number of fused-ring (bicyclic) bond motifs is 1. The topological polar surface area (TPSA) is 84.5 Å². The van der Waals surface area contributed by atoms with E-state index < -0.39 is 10.0 Å². The normalized spacial score (nSPS) is 15.6. The van der Waals surface area contributed by atoms with Gasteiger partial charge >= 0.3 is 0 Å². The van der Waals surface area contributed by atoms with Crippen molar-refractivity contribution in [1.82, 2.24) is 0 Å². The molecule has 0 aromatic heterocycles. The molecule has 0 bridgehead atoms. The van der Waals surface area contributed by atoms with E-state index in [-0.39, 0.29) is 10.7 Å². The molecule has 3 rings (SSSR count). The molecule has 0 saturated heterocycles. The Morgan fingerprint density at radius 3 is 2.70 bits per heavy atom. The quantitative estimate of drug-likeness (QED) is 0.773. The van der Waals surface area contributed by atoms with Crippen LogP contribution in [0.2, 0.25) is 0 Å². The van der Waals surface area contributed by atoms with Crippen LogP contribution in [0.25, 0.3) is 0 Å². The molecule has 1 heterocycles. The van der Waals surface area contributed by atoms with Crippen LogP contribution in [0.15, 0.2) is 56.2 Å². The average Bonchev–Trinajstić information content (AvgIpc) is 2.60. The fraction of sp³-hybridized carbons (Fsp3) is 0. The van der Waals surface area contributed by atoms with Crippen molar-refractivity contribution < 1.29 is 8.42 Å². The molecule has 2 aromatic rings. The lowest BCUT2D eigenvalue weighted by Gasteiger charge is -2.07. The number of anilines is 2. The van der Waals surface area contributed by atoms with Crippen LogP contribution in [0.1, 0.15) is 5.56 Å². The van der Waals surface area contributed by atoms with E-state index in [4.69, 9.17) is 5.73 Å². The summed E-state index contributed by atoms with van der Waals surface area (Å²) in [5.74, 6) is 0.283. The van der Waals surface area contributed by atoms with Crippen molar-refractivity contribution in [1.29, 1.82) is 0 Å². The number of rotatable bonds is 1. The van der Waals surface area contributed by atoms with Gasteiger partial charge in [-0.25, -0.2) is 0 Å². The van der Waals surface area contributed by atoms with E-state index in [0.29, 0.717) is 11.3 Å². The molecule has 0 radical (unpaired) electrons. The van der Waals surface area contributed by atoms with Crippen LogP contribution in [0, 0.1) is 0 Å². The molecule has 0 aliphatic carbocycles. The van der Waals surface area contributed by atoms with Gasteiger partial charge in [-0.05, 0) is 36.4 Å². The van der Waals surface area contributed by atoms with E-state index in [0.717, 1.165) is 10.2 Å². The summed E-state index contributed by atoms with van der Waals surface area (Å²) in [6, 6.07) is 12.0. The van der Waals surface area contributed by atoms with E-state index in [2.05, 4.69) is 25.6 Å². The number of amidine groups is 1. The number of nitrogen functional groups attached to an aromatic ring is 1. The summed E-state index contributed by atoms with van der Waals surface area (Å²) in [6.07, 6.45) is 0. The second kappa shape index (κ2) is 4.60. The van der Waals surface area contributed by atoms with Crippen molar-refractivity contribution in [2.45, 2.75) is 4.90 Å². The first-order valence-electron chi connectivity index (χ1n) is 5.73. The highest BCUT2D eigenvalue weighted by molar-refractivity contribution is 9.10. The molecule has 1 aliphatic heterocycles. The predicted molar refractivity (Wildman–Crippen MR) is 82.3 cm³/mol. The third kappa shape index (κ3) is 2.30. The van der Waals surface area contributed by atoms with E-state index in [1.54, 1.807) is 12.1 Å². The maximum Gasteiger partial charge on any atom is 0.285 e. The van der Waals surface area contributed by atoms with Gasteiger partial charge in [-0.1, -0.05) is 22.0 Å². The lowest BCUT2D eigenvalue weighted by molar-refractivity contribution is 0.599. The molecule has 1 aliphatic rings. The molecular formula is C13H10BrN3O2S. The number of sulfonamides is 1. The summed E-state index contributed by atoms with van der Waals surface area (Å²) in [5, 5.41) is 3.01. The molecule has 0 saturated carbocycles. The molecule has 20 heavy (non-hydrogen) atoms. The molecular weight excluding hydrogens is 342 g/mol. The first-order chi connectivity index (χ1) is 9.45. The van der Waals surface area contributed by atoms with Gasteiger partial charge in [0.05, 0.1) is 0 Å². The second-order valence-electron chi connectivity index (χ2n) is 4.31. The number of nitrogens with two attached hydrogens (primary N) is 1. The van der Waals surface area contributed by atoms with Crippen LogP contribution in [0.4, 0.5) is 11.4 Å². The molecule has 0 fully saturated rings. The number of nitrogens with one attached hydrogen (secondary N) is 1. The van der Waals surface area contributed by atoms with Crippen LogP contribution >= 0.6 is 15.9 Å². The summed E-state index contributed by atoms with van der Waals surface area (Å²) < 4.78 is 28.6. The minimum atomic E-state index is -3.64. The Bertz CT molecular complexity index is 831. The monoisotopic (exact) mass is 351 g/mol. The SMILES string of the molecule is Nc1ccc2c(c1)C(Nc1cccc(Br)c1)=NS2(=O)=O. The Morgan fingerprint density at radius 1 is 1.15 bits per heavy atom. The van der Waals surface area contributed by atoms with Crippen LogP contribution in [0.5, 0.6) is 0 Å². The molecule has 0 spiro atoms. The highest BCUT2D eigenvalue weighted by atomic mass is 79.9. The smallest absolute Gasteiger partial charge is 0.285 e. The van der Waals surface area contributed by atoms with Crippen LogP contribution in [-0.2, 0) is 10.0 Å². The van der Waals surface area contributed by atoms with Crippen molar-refractivity contribution in [2.75, 3.05) is 11.1 Å². The lowest BCUT2D eigenvalue weighted by atomic mass is 10.1. The highest BCUT2D eigenvalue weighted by Gasteiger charge is 2.29. The van der Waals surface area contributed by atoms with Gasteiger partial charge < -0.3 is 11.1 Å². The van der Waals surface area contributed by atoms with E-state index in [9.17, 15) is 8.42 Å². The average molecular weight is 352 g/mol. The van der Waals surface area contributed by atoms with E-state index >= 15 is 0 Å². The Labute approximate surface area is 124 Å². The van der Waals surface area contributed by atoms with Gasteiger partial charge in [0, 0.05) is 21.4 Å². The third-order valence-corrected chi connectivity index (χ3v) is 4.66. The Morgan fingerprint density at radius 2 is 1.95 bits per heavy atom. The van der Waals surface area contributed by atoms with Gasteiger partial charge in [0.25, 0.3) is 10.0 Å². The van der Waals surface area contributed by atoms with Crippen molar-refractivity contribution in [3.8, 4) is 0 Å². The standard InChI is InChI=1S/C13H10BrN3O2S/c14-8-2-1-3-10(6-8)16-13-11-7-9(15)4-5-12(11)20(18,19)17-13/h1-7H,15H2,(H,16,17). The molecule has 5 nitrogen and oxygen atoms in total. The largest absolute Gasteiger partial charge is 0.399 e. The predicted octanol–water partition coefficient (Wildman–Crippen LogP) is 2.59. The summed E-state index contributed by atoms with van der Waals surface area (Å²) in [4.78, 5) is 0.171. The van der Waals surface area contributed by atoms with Gasteiger partial charge in [0.2, 0.25) is 0 Å². The maximum atomic E-state index is 12.0. The molecule has 0 amide bonds. The lowest BCUT2D eigenvalue weighted by Crippen LogP contribution is -2.11. The summed E-state index contributed by atoms with van der Waals surface area (Å²) >= 11 is 3.36. The van der Waals surface area contributed by atoms with Gasteiger partial charge in [-0.3, -0.25) is 0 Å². The zero-order chi connectivity index (χ0) is 14.3. The van der Waals surface area contributed by atoms with Crippen LogP contribution in [0.3, 0.4) is 0 Å². The highest BCUT2D eigenvalue weighted by Crippen LogP contribution is 2.29. The molecule has 3 N–H and O–H groups in total. The number of halogens is 1. The number of nitrogens with zero attached hydrogens (tertiary/aromatic N) is 1. The van der Waals surface area contributed by atoms with Crippen molar-refractivity contribution >= 4 is 43.2 Å². The fourth-order valence-electron chi connectivity index (χ4n) is 1.97. The zero-order valence-electron chi connectivity index (χ0n) is 10.2. The maximum absolute atomic E-state index is 12.0. The van der Waals surface area contributed by atoms with Crippen LogP contribution in [-0.4, -0.2) is 14.3 Å². The first-order valence-corrected chi connectivity index (χ1v) is 7.96. The van der Waals surface area contributed by atoms with Crippen LogP contribution < -0.4 is 11.1 Å². The van der Waals surface area contributed by atoms with Crippen molar-refractivity contribution in [3.63, 3.8) is 0 Å². The number of hydrogen-bond donors (Lipinski definition) is 2. The molecule has 0 unspecified atom stereocenters. The molecule has 7 heteroatoms. The van der Waals surface area contributed by atoms with Gasteiger partial charge in [-0.15, -0.1) is 4.40 Å². The zero-order valence-corrected chi connectivity index (χ0v) is 12.6. The summed E-state index contributed by atoms with van der Waals surface area (Å²) in [6.45, 7) is 0. The second-order valence-corrected chi connectivity index (χ2v) is 6.79. The Kier molecular flexibility index (Phi) is 3.02. The van der Waals surface area contributed by atoms with Crippen molar-refractivity contribution in [3.05, 3.63) is 52.5 Å². The summed E-state index contributed by atoms with van der Waals surface area (Å²) in [5.41, 5.74) is 7.43. The van der Waals surface area contributed by atoms with Gasteiger partial charge in [0.1, 0.15) is 4.90 Å². The minimum absolute atomic E-state index is 0.171. The molecule has 0 atom stereocenters. The number of benzene rings is 2. The molecule has 102 valence electrons. The fourth-order valence-corrected chi connectivity index (χ4v) is 3.52. The van der Waals surface area contributed by atoms with Crippen molar-refractivity contribution in [2.24, 2.45) is 4.40 Å². The van der Waals surface area contributed by atoms with E-state index in [1.807, 2.05) is 24.3 Å². The van der Waals surface area contributed by atoms with E-state index in [1.165, 1.54) is 6.07 Å². The third-order valence-electron chi connectivity index (χ3n) is 2.84. The first kappa shape index (κ1) is 13.1. The Balaban J connectivity index is 2.06. The summed E-state index contributed by atoms with van der Waals surface area (Å²) in [7, 11) is -3.64. The Hall–Kier alpha value is -1.86. The number of hydrogen-bond acceptors (Lipinski definition) is 4. The van der Waals surface area contributed by atoms with Gasteiger partial charge in [-0.2, -0.15) is 8.42 Å². The van der Waals surface area contributed by atoms with Gasteiger partial charge in [0.15, 0.2) is 5.84 Å².